The Morgan fingerprint density at radius 3 is 2.94 bits per heavy atom. The lowest BCUT2D eigenvalue weighted by molar-refractivity contribution is -0.119. The lowest BCUT2D eigenvalue weighted by Gasteiger charge is -2.23. The molecular weight excluding hydrogens is 296 g/mol. The number of amides is 1. The molecule has 0 spiro atoms. The fraction of sp³-hybridized carbons (Fsp3) is 0.385. The van der Waals surface area contributed by atoms with Gasteiger partial charge in [0, 0.05) is 28.8 Å². The molecule has 0 unspecified atom stereocenters. The number of carbonyl (C=O) groups is 2. The number of nitrogens with one attached hydrogen (secondary N) is 1. The van der Waals surface area contributed by atoms with Crippen LogP contribution in [0.3, 0.4) is 0 Å². The topological polar surface area (TPSA) is 49.4 Å². The molecule has 1 aliphatic rings. The first-order chi connectivity index (χ1) is 8.58. The summed E-state index contributed by atoms with van der Waals surface area (Å²) in [6.45, 7) is 3.33. The van der Waals surface area contributed by atoms with Crippen molar-refractivity contribution >= 4 is 33.3 Å². The van der Waals surface area contributed by atoms with E-state index in [2.05, 4.69) is 21.2 Å². The highest BCUT2D eigenvalue weighted by Crippen LogP contribution is 2.25. The summed E-state index contributed by atoms with van der Waals surface area (Å²) in [7, 11) is 0. The van der Waals surface area contributed by atoms with Gasteiger partial charge >= 0.3 is 0 Å². The molecule has 0 radical (unpaired) electrons. The monoisotopic (exact) mass is 310 g/mol. The number of halogens is 1. The molecule has 1 aromatic rings. The average Bonchev–Trinajstić information content (AvgIpc) is 2.53. The van der Waals surface area contributed by atoms with Gasteiger partial charge in [0.25, 0.3) is 0 Å². The molecule has 0 atom stereocenters. The molecule has 0 saturated carbocycles. The van der Waals surface area contributed by atoms with Gasteiger partial charge in [-0.3, -0.25) is 9.59 Å². The second-order valence-corrected chi connectivity index (χ2v) is 5.26. The Morgan fingerprint density at radius 1 is 1.44 bits per heavy atom. The van der Waals surface area contributed by atoms with E-state index < -0.39 is 0 Å². The lowest BCUT2D eigenvalue weighted by Crippen LogP contribution is -2.33. The van der Waals surface area contributed by atoms with Crippen molar-refractivity contribution in [1.82, 2.24) is 5.32 Å². The van der Waals surface area contributed by atoms with Crippen LogP contribution >= 0.6 is 15.9 Å². The minimum Gasteiger partial charge on any atom is -0.362 e. The average molecular weight is 311 g/mol. The van der Waals surface area contributed by atoms with Gasteiger partial charge in [0.1, 0.15) is 0 Å². The fourth-order valence-electron chi connectivity index (χ4n) is 2.08. The van der Waals surface area contributed by atoms with Crippen LogP contribution in [0.5, 0.6) is 0 Å². The Bertz CT molecular complexity index is 488. The quantitative estimate of drug-likeness (QED) is 0.850. The van der Waals surface area contributed by atoms with Crippen LogP contribution in [-0.2, 0) is 4.79 Å². The maximum Gasteiger partial charge on any atom is 0.239 e. The first kappa shape index (κ1) is 13.1. The Hall–Kier alpha value is -1.36. The van der Waals surface area contributed by atoms with E-state index in [0.29, 0.717) is 18.7 Å². The summed E-state index contributed by atoms with van der Waals surface area (Å²) in [4.78, 5) is 25.2. The van der Waals surface area contributed by atoms with Crippen LogP contribution in [0.25, 0.3) is 0 Å². The number of nitrogens with zero attached hydrogens (tertiary/aromatic N) is 1. The van der Waals surface area contributed by atoms with Gasteiger partial charge in [-0.05, 0) is 31.5 Å². The largest absolute Gasteiger partial charge is 0.362 e. The van der Waals surface area contributed by atoms with Crippen molar-refractivity contribution in [3.05, 3.63) is 28.2 Å². The SMILES string of the molecule is CC(=O)c1cc(Br)ccc1N1CCCNC(=O)C1. The zero-order valence-corrected chi connectivity index (χ0v) is 11.8. The van der Waals surface area contributed by atoms with Crippen molar-refractivity contribution in [2.24, 2.45) is 0 Å². The zero-order valence-electron chi connectivity index (χ0n) is 10.2. The normalized spacial score (nSPS) is 16.1. The molecular formula is C13H15BrN2O2. The summed E-state index contributed by atoms with van der Waals surface area (Å²) in [5.74, 6) is 0.0147. The van der Waals surface area contributed by atoms with Gasteiger partial charge in [0.15, 0.2) is 5.78 Å². The molecule has 1 aliphatic heterocycles. The second-order valence-electron chi connectivity index (χ2n) is 4.34. The van der Waals surface area contributed by atoms with Gasteiger partial charge in [-0.15, -0.1) is 0 Å². The summed E-state index contributed by atoms with van der Waals surface area (Å²) in [5, 5.41) is 2.83. The molecule has 1 heterocycles. The number of anilines is 1. The maximum absolute atomic E-state index is 11.7. The fourth-order valence-corrected chi connectivity index (χ4v) is 2.44. The summed E-state index contributed by atoms with van der Waals surface area (Å²) in [6, 6.07) is 5.59. The zero-order chi connectivity index (χ0) is 13.1. The second kappa shape index (κ2) is 5.52. The predicted octanol–water partition coefficient (Wildman–Crippen LogP) is 1.98. The van der Waals surface area contributed by atoms with Gasteiger partial charge in [-0.2, -0.15) is 0 Å². The van der Waals surface area contributed by atoms with Crippen LogP contribution in [0.1, 0.15) is 23.7 Å². The standard InChI is InChI=1S/C13H15BrN2O2/c1-9(17)11-7-10(14)3-4-12(11)16-6-2-5-15-13(18)8-16/h3-4,7H,2,5-6,8H2,1H3,(H,15,18). The molecule has 5 heteroatoms. The molecule has 96 valence electrons. The van der Waals surface area contributed by atoms with Crippen molar-refractivity contribution in [1.29, 1.82) is 0 Å². The third-order valence-corrected chi connectivity index (χ3v) is 3.43. The van der Waals surface area contributed by atoms with Crippen molar-refractivity contribution in [3.63, 3.8) is 0 Å². The van der Waals surface area contributed by atoms with Crippen LogP contribution in [0.15, 0.2) is 22.7 Å². The maximum atomic E-state index is 11.7. The van der Waals surface area contributed by atoms with Crippen molar-refractivity contribution < 1.29 is 9.59 Å². The highest BCUT2D eigenvalue weighted by atomic mass is 79.9. The molecule has 4 nitrogen and oxygen atoms in total. The Balaban J connectivity index is 2.36. The Kier molecular flexibility index (Phi) is 4.01. The molecule has 1 aromatic carbocycles. The van der Waals surface area contributed by atoms with E-state index in [4.69, 9.17) is 0 Å². The van der Waals surface area contributed by atoms with Gasteiger partial charge in [0.05, 0.1) is 6.54 Å². The third-order valence-electron chi connectivity index (χ3n) is 2.94. The van der Waals surface area contributed by atoms with Crippen LogP contribution in [-0.4, -0.2) is 31.3 Å². The number of hydrogen-bond acceptors (Lipinski definition) is 3. The summed E-state index contributed by atoms with van der Waals surface area (Å²) < 4.78 is 0.871. The molecule has 0 bridgehead atoms. The molecule has 1 N–H and O–H groups in total. The smallest absolute Gasteiger partial charge is 0.239 e. The molecule has 2 rings (SSSR count). The number of carbonyl (C=O) groups excluding carboxylic acids is 2. The van der Waals surface area contributed by atoms with Crippen LogP contribution in [0.2, 0.25) is 0 Å². The summed E-state index contributed by atoms with van der Waals surface area (Å²) >= 11 is 3.37. The third kappa shape index (κ3) is 2.90. The molecule has 0 aliphatic carbocycles. The van der Waals surface area contributed by atoms with Crippen molar-refractivity contribution in [2.75, 3.05) is 24.5 Å². The molecule has 18 heavy (non-hydrogen) atoms. The van der Waals surface area contributed by atoms with Crippen LogP contribution < -0.4 is 10.2 Å². The lowest BCUT2D eigenvalue weighted by atomic mass is 10.1. The first-order valence-electron chi connectivity index (χ1n) is 5.90. The van der Waals surface area contributed by atoms with E-state index in [0.717, 1.165) is 23.1 Å². The first-order valence-corrected chi connectivity index (χ1v) is 6.69. The van der Waals surface area contributed by atoms with Crippen LogP contribution in [0.4, 0.5) is 5.69 Å². The molecule has 0 aromatic heterocycles. The molecule has 1 amide bonds. The minimum atomic E-state index is 0.00456. The van der Waals surface area contributed by atoms with Crippen molar-refractivity contribution in [2.45, 2.75) is 13.3 Å². The predicted molar refractivity (Wildman–Crippen MR) is 74.0 cm³/mol. The molecule has 1 fully saturated rings. The number of Topliss-reactive ketones (excluding diaryl/α,β-unsaturated/α-hetero) is 1. The van der Waals surface area contributed by atoms with Crippen LogP contribution in [0, 0.1) is 0 Å². The van der Waals surface area contributed by atoms with E-state index in [1.807, 2.05) is 17.0 Å². The van der Waals surface area contributed by atoms with E-state index in [9.17, 15) is 9.59 Å². The Morgan fingerprint density at radius 2 is 2.22 bits per heavy atom. The van der Waals surface area contributed by atoms with Crippen molar-refractivity contribution in [3.8, 4) is 0 Å². The van der Waals surface area contributed by atoms with E-state index in [1.165, 1.54) is 0 Å². The number of rotatable bonds is 2. The summed E-state index contributed by atoms with van der Waals surface area (Å²) in [5.41, 5.74) is 1.49. The minimum absolute atomic E-state index is 0.00456. The Labute approximate surface area is 114 Å². The van der Waals surface area contributed by atoms with Gasteiger partial charge in [-0.1, -0.05) is 15.9 Å². The van der Waals surface area contributed by atoms with E-state index in [-0.39, 0.29) is 11.7 Å². The number of hydrogen-bond donors (Lipinski definition) is 1. The molecule has 1 saturated heterocycles. The van der Waals surface area contributed by atoms with E-state index >= 15 is 0 Å². The number of ketones is 1. The van der Waals surface area contributed by atoms with Gasteiger partial charge in [-0.25, -0.2) is 0 Å². The number of benzene rings is 1. The van der Waals surface area contributed by atoms with Gasteiger partial charge in [0.2, 0.25) is 5.91 Å². The summed E-state index contributed by atoms with van der Waals surface area (Å²) in [6.07, 6.45) is 0.888. The van der Waals surface area contributed by atoms with E-state index in [1.54, 1.807) is 13.0 Å². The highest BCUT2D eigenvalue weighted by molar-refractivity contribution is 9.10. The highest BCUT2D eigenvalue weighted by Gasteiger charge is 2.19. The van der Waals surface area contributed by atoms with Gasteiger partial charge < -0.3 is 10.2 Å².